The molecule has 0 spiro atoms. The Morgan fingerprint density at radius 1 is 1.07 bits per heavy atom. The average molecular weight is 197 g/mol. The molecular formula is C14H13O. The first-order chi connectivity index (χ1) is 7.42. The molecule has 15 heavy (non-hydrogen) atoms. The summed E-state index contributed by atoms with van der Waals surface area (Å²) in [5, 5.41) is 0. The molecule has 0 N–H and O–H groups in total. The molecule has 2 rings (SSSR count). The first-order valence-corrected chi connectivity index (χ1v) is 5.10. The lowest BCUT2D eigenvalue weighted by atomic mass is 10.1. The summed E-state index contributed by atoms with van der Waals surface area (Å²) in [5.41, 5.74) is 2.17. The van der Waals surface area contributed by atoms with Crippen LogP contribution in [0.15, 0.2) is 48.5 Å². The van der Waals surface area contributed by atoms with Crippen molar-refractivity contribution in [1.82, 2.24) is 0 Å². The van der Waals surface area contributed by atoms with Gasteiger partial charge in [-0.3, -0.25) is 0 Å². The van der Waals surface area contributed by atoms with Crippen molar-refractivity contribution in [3.8, 4) is 16.9 Å². The summed E-state index contributed by atoms with van der Waals surface area (Å²) in [6, 6.07) is 19.2. The van der Waals surface area contributed by atoms with Crippen molar-refractivity contribution in [3.05, 3.63) is 54.6 Å². The van der Waals surface area contributed by atoms with Crippen LogP contribution in [0.25, 0.3) is 11.1 Å². The van der Waals surface area contributed by atoms with E-state index in [1.54, 1.807) is 0 Å². The zero-order chi connectivity index (χ0) is 10.5. The van der Waals surface area contributed by atoms with Gasteiger partial charge in [-0.05, 0) is 24.6 Å². The molecule has 0 atom stereocenters. The molecule has 0 fully saturated rings. The van der Waals surface area contributed by atoms with E-state index in [9.17, 15) is 0 Å². The predicted octanol–water partition coefficient (Wildman–Crippen LogP) is 3.55. The summed E-state index contributed by atoms with van der Waals surface area (Å²) in [6.45, 7) is 2.67. The van der Waals surface area contributed by atoms with E-state index in [0.29, 0.717) is 6.61 Å². The lowest BCUT2D eigenvalue weighted by Crippen LogP contribution is -1.93. The van der Waals surface area contributed by atoms with E-state index < -0.39 is 0 Å². The van der Waals surface area contributed by atoms with Crippen LogP contribution >= 0.6 is 0 Å². The van der Waals surface area contributed by atoms with E-state index in [1.165, 1.54) is 0 Å². The maximum absolute atomic E-state index is 5.56. The molecule has 1 heteroatoms. The van der Waals surface area contributed by atoms with Crippen LogP contribution in [0.4, 0.5) is 0 Å². The molecule has 0 unspecified atom stereocenters. The topological polar surface area (TPSA) is 9.23 Å². The van der Waals surface area contributed by atoms with E-state index in [4.69, 9.17) is 4.74 Å². The summed E-state index contributed by atoms with van der Waals surface area (Å²) in [5.74, 6) is 0.895. The van der Waals surface area contributed by atoms with Gasteiger partial charge < -0.3 is 4.74 Å². The highest BCUT2D eigenvalue weighted by molar-refractivity contribution is 5.69. The van der Waals surface area contributed by atoms with Crippen LogP contribution in [0.1, 0.15) is 6.92 Å². The van der Waals surface area contributed by atoms with Crippen LogP contribution in [0.5, 0.6) is 5.75 Å². The van der Waals surface area contributed by atoms with Crippen molar-refractivity contribution in [1.29, 1.82) is 0 Å². The third-order valence-electron chi connectivity index (χ3n) is 2.18. The van der Waals surface area contributed by atoms with E-state index in [-0.39, 0.29) is 0 Å². The van der Waals surface area contributed by atoms with E-state index in [0.717, 1.165) is 16.9 Å². The molecule has 1 nitrogen and oxygen atoms in total. The quantitative estimate of drug-likeness (QED) is 0.731. The van der Waals surface area contributed by atoms with Gasteiger partial charge in [0.05, 0.1) is 6.61 Å². The Morgan fingerprint density at radius 2 is 1.87 bits per heavy atom. The smallest absolute Gasteiger partial charge is 0.127 e. The average Bonchev–Trinajstić information content (AvgIpc) is 2.31. The highest BCUT2D eigenvalue weighted by atomic mass is 16.5. The molecule has 0 amide bonds. The zero-order valence-electron chi connectivity index (χ0n) is 8.73. The lowest BCUT2D eigenvalue weighted by molar-refractivity contribution is 0.341. The summed E-state index contributed by atoms with van der Waals surface area (Å²) in [6.07, 6.45) is 0. The third-order valence-corrected chi connectivity index (χ3v) is 2.18. The second-order valence-corrected chi connectivity index (χ2v) is 3.21. The highest BCUT2D eigenvalue weighted by Gasteiger charge is 2.03. The van der Waals surface area contributed by atoms with Crippen molar-refractivity contribution < 1.29 is 4.74 Å². The Labute approximate surface area is 90.3 Å². The molecule has 0 saturated carbocycles. The summed E-state index contributed by atoms with van der Waals surface area (Å²) in [7, 11) is 0. The van der Waals surface area contributed by atoms with Crippen LogP contribution in [-0.4, -0.2) is 6.61 Å². The van der Waals surface area contributed by atoms with Crippen LogP contribution in [-0.2, 0) is 0 Å². The minimum atomic E-state index is 0.678. The molecule has 2 aromatic carbocycles. The van der Waals surface area contributed by atoms with Gasteiger partial charge in [0.25, 0.3) is 0 Å². The molecule has 0 aromatic heterocycles. The van der Waals surface area contributed by atoms with Gasteiger partial charge in [0, 0.05) is 5.56 Å². The standard InChI is InChI=1S/C14H13O/c1-2-15-14-11-7-6-10-13(14)12-8-4-3-5-9-12/h3-9,11H,2H2,1H3. The first kappa shape index (κ1) is 9.78. The van der Waals surface area contributed by atoms with E-state index in [2.05, 4.69) is 18.2 Å². The Balaban J connectivity index is 2.43. The van der Waals surface area contributed by atoms with Crippen molar-refractivity contribution >= 4 is 0 Å². The number of rotatable bonds is 3. The second kappa shape index (κ2) is 4.65. The number of ether oxygens (including phenoxy) is 1. The fourth-order valence-corrected chi connectivity index (χ4v) is 1.53. The molecule has 0 aliphatic carbocycles. The van der Waals surface area contributed by atoms with Gasteiger partial charge >= 0.3 is 0 Å². The summed E-state index contributed by atoms with van der Waals surface area (Å²) in [4.78, 5) is 0. The van der Waals surface area contributed by atoms with Gasteiger partial charge in [0.15, 0.2) is 0 Å². The lowest BCUT2D eigenvalue weighted by Gasteiger charge is -2.09. The van der Waals surface area contributed by atoms with Crippen molar-refractivity contribution in [2.45, 2.75) is 6.92 Å². The SMILES string of the molecule is CCOc1ccc[c]c1-c1ccccc1. The monoisotopic (exact) mass is 197 g/mol. The van der Waals surface area contributed by atoms with Crippen LogP contribution < -0.4 is 4.74 Å². The molecule has 0 aliphatic rings. The summed E-state index contributed by atoms with van der Waals surface area (Å²) >= 11 is 0. The third kappa shape index (κ3) is 2.18. The molecule has 0 aliphatic heterocycles. The molecule has 2 aromatic rings. The maximum atomic E-state index is 5.56. The van der Waals surface area contributed by atoms with Gasteiger partial charge in [-0.2, -0.15) is 0 Å². The van der Waals surface area contributed by atoms with Gasteiger partial charge in [-0.25, -0.2) is 0 Å². The Morgan fingerprint density at radius 3 is 2.60 bits per heavy atom. The van der Waals surface area contributed by atoms with Crippen LogP contribution in [0, 0.1) is 6.07 Å². The summed E-state index contributed by atoms with van der Waals surface area (Å²) < 4.78 is 5.56. The molecule has 0 bridgehead atoms. The normalized spacial score (nSPS) is 9.93. The minimum absolute atomic E-state index is 0.678. The number of benzene rings is 2. The van der Waals surface area contributed by atoms with Gasteiger partial charge in [0.2, 0.25) is 0 Å². The van der Waals surface area contributed by atoms with Gasteiger partial charge in [-0.15, -0.1) is 0 Å². The Bertz CT molecular complexity index is 420. The Hall–Kier alpha value is -1.76. The molecule has 1 radical (unpaired) electrons. The number of hydrogen-bond donors (Lipinski definition) is 0. The fourth-order valence-electron chi connectivity index (χ4n) is 1.53. The Kier molecular flexibility index (Phi) is 3.03. The fraction of sp³-hybridized carbons (Fsp3) is 0.143. The molecular weight excluding hydrogens is 184 g/mol. The van der Waals surface area contributed by atoms with Gasteiger partial charge in [-0.1, -0.05) is 42.5 Å². The second-order valence-electron chi connectivity index (χ2n) is 3.21. The van der Waals surface area contributed by atoms with Crippen molar-refractivity contribution in [2.24, 2.45) is 0 Å². The van der Waals surface area contributed by atoms with Gasteiger partial charge in [0.1, 0.15) is 5.75 Å². The molecule has 0 heterocycles. The largest absolute Gasteiger partial charge is 0.493 e. The molecule has 0 saturated heterocycles. The van der Waals surface area contributed by atoms with E-state index >= 15 is 0 Å². The van der Waals surface area contributed by atoms with E-state index in [1.807, 2.05) is 43.3 Å². The minimum Gasteiger partial charge on any atom is -0.493 e. The van der Waals surface area contributed by atoms with Crippen LogP contribution in [0.2, 0.25) is 0 Å². The van der Waals surface area contributed by atoms with Crippen LogP contribution in [0.3, 0.4) is 0 Å². The zero-order valence-corrected chi connectivity index (χ0v) is 8.73. The molecule has 75 valence electrons. The van der Waals surface area contributed by atoms with Crippen molar-refractivity contribution in [2.75, 3.05) is 6.61 Å². The maximum Gasteiger partial charge on any atom is 0.127 e. The predicted molar refractivity (Wildman–Crippen MR) is 61.9 cm³/mol. The highest BCUT2D eigenvalue weighted by Crippen LogP contribution is 2.28. The first-order valence-electron chi connectivity index (χ1n) is 5.10. The van der Waals surface area contributed by atoms with Crippen molar-refractivity contribution in [3.63, 3.8) is 0 Å². The number of hydrogen-bond acceptors (Lipinski definition) is 1.